The number of ether oxygens (including phenoxy) is 1. The molecule has 0 bridgehead atoms. The molecule has 6 nitrogen and oxygen atoms in total. The minimum atomic E-state index is -1.10. The minimum absolute atomic E-state index is 0.183. The van der Waals surface area contributed by atoms with Gasteiger partial charge in [0.1, 0.15) is 6.42 Å². The molecule has 1 saturated heterocycles. The van der Waals surface area contributed by atoms with Crippen LogP contribution in [0.3, 0.4) is 0 Å². The van der Waals surface area contributed by atoms with Crippen LogP contribution < -0.4 is 5.32 Å². The van der Waals surface area contributed by atoms with Crippen molar-refractivity contribution >= 4 is 11.9 Å². The van der Waals surface area contributed by atoms with Gasteiger partial charge in [0.2, 0.25) is 5.91 Å². The van der Waals surface area contributed by atoms with Crippen LogP contribution in [-0.2, 0) is 14.3 Å². The topological polar surface area (TPSA) is 78.9 Å². The Hall–Kier alpha value is -1.14. The highest BCUT2D eigenvalue weighted by Gasteiger charge is 2.28. The van der Waals surface area contributed by atoms with Crippen LogP contribution >= 0.6 is 0 Å². The zero-order valence-corrected chi connectivity index (χ0v) is 10.4. The molecule has 0 aromatic carbocycles. The molecular weight excluding hydrogens is 224 g/mol. The van der Waals surface area contributed by atoms with Gasteiger partial charge in [-0.25, -0.2) is 0 Å². The number of carbonyl (C=O) groups is 2. The van der Waals surface area contributed by atoms with E-state index >= 15 is 0 Å². The van der Waals surface area contributed by atoms with Gasteiger partial charge in [0.05, 0.1) is 13.2 Å². The van der Waals surface area contributed by atoms with E-state index in [0.29, 0.717) is 19.8 Å². The first-order valence-corrected chi connectivity index (χ1v) is 5.73. The first-order chi connectivity index (χ1) is 7.92. The standard InChI is InChI=1S/C11H20N2O4/c1-11(2,13-3-5-17-6-4-13)8-12-9(14)7-10(15)16/h3-8H2,1-2H3,(H,12,14)(H,15,16). The average molecular weight is 244 g/mol. The van der Waals surface area contributed by atoms with E-state index in [9.17, 15) is 9.59 Å². The van der Waals surface area contributed by atoms with Crippen LogP contribution in [0.4, 0.5) is 0 Å². The van der Waals surface area contributed by atoms with Gasteiger partial charge in [-0.05, 0) is 13.8 Å². The highest BCUT2D eigenvalue weighted by molar-refractivity contribution is 5.93. The number of nitrogens with one attached hydrogen (secondary N) is 1. The number of hydrogen-bond donors (Lipinski definition) is 2. The molecule has 1 aliphatic heterocycles. The number of carboxylic acid groups (broad SMARTS) is 1. The van der Waals surface area contributed by atoms with Gasteiger partial charge in [0.15, 0.2) is 0 Å². The number of hydrogen-bond acceptors (Lipinski definition) is 4. The monoisotopic (exact) mass is 244 g/mol. The summed E-state index contributed by atoms with van der Waals surface area (Å²) in [6.45, 7) is 7.57. The lowest BCUT2D eigenvalue weighted by Crippen LogP contribution is -2.55. The Morgan fingerprint density at radius 2 is 1.94 bits per heavy atom. The lowest BCUT2D eigenvalue weighted by Gasteiger charge is -2.40. The highest BCUT2D eigenvalue weighted by Crippen LogP contribution is 2.14. The van der Waals surface area contributed by atoms with Gasteiger partial charge in [-0.15, -0.1) is 0 Å². The first-order valence-electron chi connectivity index (χ1n) is 5.73. The summed E-state index contributed by atoms with van der Waals surface area (Å²) in [4.78, 5) is 23.8. The summed E-state index contributed by atoms with van der Waals surface area (Å²) in [5.74, 6) is -1.55. The van der Waals surface area contributed by atoms with Crippen molar-refractivity contribution < 1.29 is 19.4 Å². The zero-order chi connectivity index (χ0) is 12.9. The molecule has 17 heavy (non-hydrogen) atoms. The second-order valence-electron chi connectivity index (χ2n) is 4.76. The van der Waals surface area contributed by atoms with Gasteiger partial charge in [0.25, 0.3) is 0 Å². The lowest BCUT2D eigenvalue weighted by molar-refractivity contribution is -0.140. The third kappa shape index (κ3) is 4.70. The largest absolute Gasteiger partial charge is 0.481 e. The number of morpholine rings is 1. The molecule has 1 rings (SSSR count). The van der Waals surface area contributed by atoms with Gasteiger partial charge in [-0.1, -0.05) is 0 Å². The summed E-state index contributed by atoms with van der Waals surface area (Å²) in [5, 5.41) is 11.1. The van der Waals surface area contributed by atoms with Crippen LogP contribution in [0, 0.1) is 0 Å². The third-order valence-corrected chi connectivity index (χ3v) is 2.90. The number of nitrogens with zero attached hydrogens (tertiary/aromatic N) is 1. The molecule has 1 amide bonds. The number of carbonyl (C=O) groups excluding carboxylic acids is 1. The normalized spacial score (nSPS) is 17.8. The second kappa shape index (κ2) is 5.97. The number of rotatable bonds is 5. The maximum Gasteiger partial charge on any atom is 0.312 e. The van der Waals surface area contributed by atoms with Gasteiger partial charge in [-0.3, -0.25) is 14.5 Å². The fourth-order valence-corrected chi connectivity index (χ4v) is 1.80. The summed E-state index contributed by atoms with van der Waals surface area (Å²) in [7, 11) is 0. The van der Waals surface area contributed by atoms with E-state index in [1.807, 2.05) is 13.8 Å². The Kier molecular flexibility index (Phi) is 4.89. The molecule has 0 radical (unpaired) electrons. The van der Waals surface area contributed by atoms with E-state index in [1.54, 1.807) is 0 Å². The maximum atomic E-state index is 11.2. The van der Waals surface area contributed by atoms with Crippen LogP contribution in [-0.4, -0.2) is 60.3 Å². The third-order valence-electron chi connectivity index (χ3n) is 2.90. The summed E-state index contributed by atoms with van der Waals surface area (Å²) in [6, 6.07) is 0. The molecular formula is C11H20N2O4. The second-order valence-corrected chi connectivity index (χ2v) is 4.76. The molecule has 0 saturated carbocycles. The van der Waals surface area contributed by atoms with Crippen LogP contribution in [0.2, 0.25) is 0 Å². The first kappa shape index (κ1) is 13.9. The van der Waals surface area contributed by atoms with E-state index in [0.717, 1.165) is 13.1 Å². The van der Waals surface area contributed by atoms with Crippen molar-refractivity contribution in [2.24, 2.45) is 0 Å². The van der Waals surface area contributed by atoms with Crippen LogP contribution in [0.1, 0.15) is 20.3 Å². The Morgan fingerprint density at radius 1 is 1.35 bits per heavy atom. The fraction of sp³-hybridized carbons (Fsp3) is 0.818. The van der Waals surface area contributed by atoms with E-state index in [4.69, 9.17) is 9.84 Å². The van der Waals surface area contributed by atoms with Crippen molar-refractivity contribution in [2.75, 3.05) is 32.8 Å². The SMILES string of the molecule is CC(C)(CNC(=O)CC(=O)O)N1CCOCC1. The minimum Gasteiger partial charge on any atom is -0.481 e. The smallest absolute Gasteiger partial charge is 0.312 e. The fourth-order valence-electron chi connectivity index (χ4n) is 1.80. The number of carboxylic acids is 1. The Morgan fingerprint density at radius 3 is 2.47 bits per heavy atom. The predicted octanol–water partition coefficient (Wildman–Crippen LogP) is -0.312. The van der Waals surface area contributed by atoms with Crippen LogP contribution in [0.5, 0.6) is 0 Å². The van der Waals surface area contributed by atoms with Gasteiger partial charge in [-0.2, -0.15) is 0 Å². The molecule has 2 N–H and O–H groups in total. The quantitative estimate of drug-likeness (QED) is 0.648. The number of aliphatic carboxylic acids is 1. The Bertz CT molecular complexity index is 285. The van der Waals surface area contributed by atoms with Crippen LogP contribution in [0.15, 0.2) is 0 Å². The van der Waals surface area contributed by atoms with E-state index in [1.165, 1.54) is 0 Å². The predicted molar refractivity (Wildman–Crippen MR) is 61.7 cm³/mol. The lowest BCUT2D eigenvalue weighted by atomic mass is 10.0. The van der Waals surface area contributed by atoms with Gasteiger partial charge < -0.3 is 15.2 Å². The van der Waals surface area contributed by atoms with E-state index in [2.05, 4.69) is 10.2 Å². The molecule has 6 heteroatoms. The highest BCUT2D eigenvalue weighted by atomic mass is 16.5. The van der Waals surface area contributed by atoms with Crippen molar-refractivity contribution in [1.82, 2.24) is 10.2 Å². The Labute approximate surface area is 101 Å². The van der Waals surface area contributed by atoms with Crippen molar-refractivity contribution in [3.8, 4) is 0 Å². The zero-order valence-electron chi connectivity index (χ0n) is 10.4. The molecule has 1 aliphatic rings. The molecule has 0 unspecified atom stereocenters. The van der Waals surface area contributed by atoms with Gasteiger partial charge in [0, 0.05) is 25.2 Å². The van der Waals surface area contributed by atoms with Crippen molar-refractivity contribution in [3.05, 3.63) is 0 Å². The molecule has 1 fully saturated rings. The Balaban J connectivity index is 2.37. The molecule has 0 aliphatic carbocycles. The summed E-state index contributed by atoms with van der Waals surface area (Å²) < 4.78 is 5.27. The van der Waals surface area contributed by atoms with Gasteiger partial charge >= 0.3 is 5.97 Å². The summed E-state index contributed by atoms with van der Waals surface area (Å²) >= 11 is 0. The number of amides is 1. The molecule has 0 spiro atoms. The van der Waals surface area contributed by atoms with Crippen LogP contribution in [0.25, 0.3) is 0 Å². The molecule has 0 aromatic rings. The summed E-state index contributed by atoms with van der Waals surface area (Å²) in [5.41, 5.74) is -0.183. The molecule has 0 atom stereocenters. The van der Waals surface area contributed by atoms with E-state index < -0.39 is 18.3 Å². The molecule has 98 valence electrons. The van der Waals surface area contributed by atoms with Crippen molar-refractivity contribution in [1.29, 1.82) is 0 Å². The van der Waals surface area contributed by atoms with Crippen molar-refractivity contribution in [2.45, 2.75) is 25.8 Å². The van der Waals surface area contributed by atoms with Crippen molar-refractivity contribution in [3.63, 3.8) is 0 Å². The maximum absolute atomic E-state index is 11.2. The molecule has 1 heterocycles. The average Bonchev–Trinajstić information content (AvgIpc) is 2.27. The summed E-state index contributed by atoms with van der Waals surface area (Å²) in [6.07, 6.45) is -0.473. The van der Waals surface area contributed by atoms with E-state index in [-0.39, 0.29) is 5.54 Å². The molecule has 0 aromatic heterocycles.